The van der Waals surface area contributed by atoms with Gasteiger partial charge < -0.3 is 9.47 Å². The van der Waals surface area contributed by atoms with Crippen LogP contribution in [0.4, 0.5) is 0 Å². The van der Waals surface area contributed by atoms with Crippen LogP contribution in [0.1, 0.15) is 32.3 Å². The molecule has 0 N–H and O–H groups in total. The van der Waals surface area contributed by atoms with Crippen LogP contribution in [0, 0.1) is 11.3 Å². The maximum Gasteiger partial charge on any atom is 0.138 e. The second-order valence-electron chi connectivity index (χ2n) is 4.91. The molecule has 4 heteroatoms. The van der Waals surface area contributed by atoms with E-state index in [1.165, 1.54) is 0 Å². The fraction of sp³-hybridized carbons (Fsp3) is 0.533. The zero-order valence-corrected chi connectivity index (χ0v) is 12.4. The van der Waals surface area contributed by atoms with E-state index in [2.05, 4.69) is 19.9 Å². The van der Waals surface area contributed by atoms with E-state index in [9.17, 15) is 5.26 Å². The monoisotopic (exact) mass is 277 g/mol. The van der Waals surface area contributed by atoms with Crippen molar-refractivity contribution in [1.29, 1.82) is 5.26 Å². The molecule has 1 saturated heterocycles. The number of nitriles is 1. The average Bonchev–Trinajstić information content (AvgIpc) is 2.37. The lowest BCUT2D eigenvalue weighted by Gasteiger charge is -2.32. The third-order valence-corrected chi connectivity index (χ3v) is 4.05. The molecule has 2 rings (SSSR count). The van der Waals surface area contributed by atoms with Gasteiger partial charge in [0.05, 0.1) is 12.2 Å². The van der Waals surface area contributed by atoms with Crippen LogP contribution in [0.2, 0.25) is 0 Å². The van der Waals surface area contributed by atoms with E-state index in [1.807, 2.05) is 24.5 Å². The minimum Gasteiger partial charge on any atom is -0.489 e. The Morgan fingerprint density at radius 3 is 2.58 bits per heavy atom. The van der Waals surface area contributed by atoms with Gasteiger partial charge in [0.15, 0.2) is 0 Å². The molecule has 0 aromatic heterocycles. The smallest absolute Gasteiger partial charge is 0.138 e. The SMILES string of the molecule is CSc1cccc(OC2CC(C)OC(C)C2)c1C#N. The third kappa shape index (κ3) is 3.43. The Balaban J connectivity index is 2.17. The van der Waals surface area contributed by atoms with Gasteiger partial charge in [0.2, 0.25) is 0 Å². The van der Waals surface area contributed by atoms with Gasteiger partial charge in [-0.2, -0.15) is 5.26 Å². The van der Waals surface area contributed by atoms with E-state index in [4.69, 9.17) is 9.47 Å². The molecule has 102 valence electrons. The predicted molar refractivity (Wildman–Crippen MR) is 76.6 cm³/mol. The molecule has 0 radical (unpaired) electrons. The largest absolute Gasteiger partial charge is 0.489 e. The number of benzene rings is 1. The summed E-state index contributed by atoms with van der Waals surface area (Å²) in [6.45, 7) is 4.13. The van der Waals surface area contributed by atoms with Crippen LogP contribution in [-0.2, 0) is 4.74 Å². The molecule has 1 aliphatic rings. The molecular formula is C15H19NO2S. The Kier molecular flexibility index (Phi) is 4.73. The molecule has 0 amide bonds. The Labute approximate surface area is 118 Å². The fourth-order valence-electron chi connectivity index (χ4n) is 2.51. The summed E-state index contributed by atoms with van der Waals surface area (Å²) in [5.41, 5.74) is 0.641. The van der Waals surface area contributed by atoms with Crippen LogP contribution >= 0.6 is 11.8 Å². The van der Waals surface area contributed by atoms with Gasteiger partial charge in [-0.1, -0.05) is 6.07 Å². The second kappa shape index (κ2) is 6.31. The van der Waals surface area contributed by atoms with Gasteiger partial charge in [-0.15, -0.1) is 11.8 Å². The van der Waals surface area contributed by atoms with E-state index in [0.29, 0.717) is 11.3 Å². The molecule has 1 aromatic rings. The lowest BCUT2D eigenvalue weighted by atomic mass is 10.0. The summed E-state index contributed by atoms with van der Waals surface area (Å²) in [5, 5.41) is 9.30. The van der Waals surface area contributed by atoms with Gasteiger partial charge in [-0.05, 0) is 32.2 Å². The highest BCUT2D eigenvalue weighted by Gasteiger charge is 2.26. The molecule has 1 fully saturated rings. The first-order valence-electron chi connectivity index (χ1n) is 6.53. The third-order valence-electron chi connectivity index (χ3n) is 3.27. The quantitative estimate of drug-likeness (QED) is 0.791. The standard InChI is InChI=1S/C15H19NO2S/c1-10-7-12(8-11(2)17-10)18-14-5-4-6-15(19-3)13(14)9-16/h4-6,10-12H,7-8H2,1-3H3. The van der Waals surface area contributed by atoms with Crippen molar-refractivity contribution in [2.24, 2.45) is 0 Å². The van der Waals surface area contributed by atoms with E-state index < -0.39 is 0 Å². The van der Waals surface area contributed by atoms with E-state index in [1.54, 1.807) is 11.8 Å². The molecule has 2 unspecified atom stereocenters. The average molecular weight is 277 g/mol. The van der Waals surface area contributed by atoms with Crippen molar-refractivity contribution in [3.8, 4) is 11.8 Å². The second-order valence-corrected chi connectivity index (χ2v) is 5.76. The van der Waals surface area contributed by atoms with Crippen LogP contribution < -0.4 is 4.74 Å². The molecule has 19 heavy (non-hydrogen) atoms. The van der Waals surface area contributed by atoms with Gasteiger partial charge >= 0.3 is 0 Å². The Bertz CT molecular complexity index is 474. The van der Waals surface area contributed by atoms with Gasteiger partial charge in [0, 0.05) is 17.7 Å². The van der Waals surface area contributed by atoms with Crippen molar-refractivity contribution in [3.63, 3.8) is 0 Å². The normalized spacial score (nSPS) is 26.7. The Morgan fingerprint density at radius 1 is 1.32 bits per heavy atom. The highest BCUT2D eigenvalue weighted by atomic mass is 32.2. The minimum absolute atomic E-state index is 0.128. The zero-order chi connectivity index (χ0) is 13.8. The predicted octanol–water partition coefficient (Wildman–Crippen LogP) is 3.61. The topological polar surface area (TPSA) is 42.2 Å². The lowest BCUT2D eigenvalue weighted by Crippen LogP contribution is -2.35. The first-order valence-corrected chi connectivity index (χ1v) is 7.75. The first-order chi connectivity index (χ1) is 9.13. The van der Waals surface area contributed by atoms with Gasteiger partial charge in [0.1, 0.15) is 23.5 Å². The van der Waals surface area contributed by atoms with E-state index in [0.717, 1.165) is 17.7 Å². The van der Waals surface area contributed by atoms with E-state index in [-0.39, 0.29) is 18.3 Å². The summed E-state index contributed by atoms with van der Waals surface area (Å²) in [4.78, 5) is 0.966. The maximum atomic E-state index is 9.30. The summed E-state index contributed by atoms with van der Waals surface area (Å²) >= 11 is 1.57. The number of ether oxygens (including phenoxy) is 2. The summed E-state index contributed by atoms with van der Waals surface area (Å²) in [6.07, 6.45) is 4.27. The summed E-state index contributed by atoms with van der Waals surface area (Å²) in [5.74, 6) is 0.695. The molecule has 1 aromatic carbocycles. The van der Waals surface area contributed by atoms with Crippen LogP contribution in [-0.4, -0.2) is 24.6 Å². The Morgan fingerprint density at radius 2 is 2.00 bits per heavy atom. The molecule has 0 bridgehead atoms. The van der Waals surface area contributed by atoms with Gasteiger partial charge in [-0.25, -0.2) is 0 Å². The number of thioether (sulfide) groups is 1. The molecule has 1 aliphatic heterocycles. The molecule has 0 spiro atoms. The number of nitrogens with zero attached hydrogens (tertiary/aromatic N) is 1. The summed E-state index contributed by atoms with van der Waals surface area (Å²) in [7, 11) is 0. The van der Waals surface area contributed by atoms with Crippen LogP contribution in [0.3, 0.4) is 0 Å². The van der Waals surface area contributed by atoms with Crippen LogP contribution in [0.5, 0.6) is 5.75 Å². The molecule has 3 nitrogen and oxygen atoms in total. The van der Waals surface area contributed by atoms with Gasteiger partial charge in [0.25, 0.3) is 0 Å². The number of hydrogen-bond donors (Lipinski definition) is 0. The van der Waals surface area contributed by atoms with Crippen LogP contribution in [0.15, 0.2) is 23.1 Å². The van der Waals surface area contributed by atoms with Crippen molar-refractivity contribution in [1.82, 2.24) is 0 Å². The molecule has 2 atom stereocenters. The molecule has 0 aliphatic carbocycles. The van der Waals surface area contributed by atoms with Crippen molar-refractivity contribution in [3.05, 3.63) is 23.8 Å². The maximum absolute atomic E-state index is 9.30. The molecular weight excluding hydrogens is 258 g/mol. The molecule has 1 heterocycles. The number of rotatable bonds is 3. The van der Waals surface area contributed by atoms with Crippen molar-refractivity contribution < 1.29 is 9.47 Å². The van der Waals surface area contributed by atoms with Crippen LogP contribution in [0.25, 0.3) is 0 Å². The van der Waals surface area contributed by atoms with Crippen molar-refractivity contribution >= 4 is 11.8 Å². The first kappa shape index (κ1) is 14.2. The lowest BCUT2D eigenvalue weighted by molar-refractivity contribution is -0.0722. The summed E-state index contributed by atoms with van der Waals surface area (Å²) in [6, 6.07) is 8.02. The van der Waals surface area contributed by atoms with E-state index >= 15 is 0 Å². The fourth-order valence-corrected chi connectivity index (χ4v) is 3.07. The minimum atomic E-state index is 0.128. The highest BCUT2D eigenvalue weighted by Crippen LogP contribution is 2.31. The van der Waals surface area contributed by atoms with Crippen molar-refractivity contribution in [2.75, 3.05) is 6.26 Å². The Hall–Kier alpha value is -1.18. The van der Waals surface area contributed by atoms with Gasteiger partial charge in [-0.3, -0.25) is 0 Å². The number of hydrogen-bond acceptors (Lipinski definition) is 4. The zero-order valence-electron chi connectivity index (χ0n) is 11.6. The molecule has 0 saturated carbocycles. The summed E-state index contributed by atoms with van der Waals surface area (Å²) < 4.78 is 11.8. The highest BCUT2D eigenvalue weighted by molar-refractivity contribution is 7.98. The van der Waals surface area contributed by atoms with Crippen molar-refractivity contribution in [2.45, 2.75) is 49.9 Å².